The number of unbranched alkanes of at least 4 members (excludes halogenated alkanes) is 3. The molecule has 37 heavy (non-hydrogen) atoms. The number of aryl methyl sites for hydroxylation is 2. The van der Waals surface area contributed by atoms with Crippen molar-refractivity contribution in [1.82, 2.24) is 0 Å². The lowest BCUT2D eigenvalue weighted by molar-refractivity contribution is 0.636. The maximum atomic E-state index is 15.1. The van der Waals surface area contributed by atoms with Crippen LogP contribution in [-0.4, -0.2) is 0 Å². The highest BCUT2D eigenvalue weighted by Crippen LogP contribution is 2.23. The topological polar surface area (TPSA) is 0 Å². The first-order valence-corrected chi connectivity index (χ1v) is 13.2. The number of hydrogen-bond acceptors (Lipinski definition) is 0. The van der Waals surface area contributed by atoms with E-state index in [9.17, 15) is 0 Å². The highest BCUT2D eigenvalue weighted by molar-refractivity contribution is 5.85. The number of hydrogen-bond donors (Lipinski definition) is 0. The third kappa shape index (κ3) is 7.46. The zero-order chi connectivity index (χ0) is 25.9. The van der Waals surface area contributed by atoms with Crippen LogP contribution in [-0.2, 0) is 12.8 Å². The molecule has 0 saturated carbocycles. The first-order chi connectivity index (χ1) is 18.2. The summed E-state index contributed by atoms with van der Waals surface area (Å²) in [4.78, 5) is 0. The number of benzene rings is 4. The molecule has 0 fully saturated rings. The predicted octanol–water partition coefficient (Wildman–Crippen LogP) is 9.02. The molecular formula is C36H33F. The summed E-state index contributed by atoms with van der Waals surface area (Å²) in [6.07, 6.45) is 9.98. The largest absolute Gasteiger partial charge is 0.205 e. The van der Waals surface area contributed by atoms with Crippen molar-refractivity contribution < 1.29 is 4.39 Å². The third-order valence-electron chi connectivity index (χ3n) is 6.51. The molecule has 0 nitrogen and oxygen atoms in total. The van der Waals surface area contributed by atoms with Gasteiger partial charge in [0.15, 0.2) is 0 Å². The van der Waals surface area contributed by atoms with Gasteiger partial charge in [-0.25, -0.2) is 4.39 Å². The van der Waals surface area contributed by atoms with Crippen LogP contribution < -0.4 is 0 Å². The molecule has 4 aromatic rings. The van der Waals surface area contributed by atoms with Gasteiger partial charge in [-0.3, -0.25) is 0 Å². The fraction of sp³-hybridized carbons (Fsp3) is 0.222. The van der Waals surface area contributed by atoms with Gasteiger partial charge in [0, 0.05) is 22.1 Å². The van der Waals surface area contributed by atoms with Gasteiger partial charge in [-0.15, -0.1) is 6.58 Å². The molecule has 0 N–H and O–H groups in total. The molecule has 0 atom stereocenters. The molecule has 0 aliphatic rings. The van der Waals surface area contributed by atoms with E-state index >= 15 is 4.39 Å². The Bertz CT molecular complexity index is 1470. The van der Waals surface area contributed by atoms with Crippen LogP contribution in [0.4, 0.5) is 4.39 Å². The van der Waals surface area contributed by atoms with Gasteiger partial charge >= 0.3 is 0 Å². The quantitative estimate of drug-likeness (QED) is 0.133. The van der Waals surface area contributed by atoms with E-state index in [1.165, 1.54) is 36.8 Å². The van der Waals surface area contributed by atoms with Crippen molar-refractivity contribution in [2.45, 2.75) is 51.9 Å². The molecule has 0 unspecified atom stereocenters. The Balaban J connectivity index is 1.40. The second-order valence-electron chi connectivity index (χ2n) is 9.39. The van der Waals surface area contributed by atoms with E-state index in [-0.39, 0.29) is 5.82 Å². The molecule has 0 aromatic heterocycles. The molecular weight excluding hydrogens is 451 g/mol. The second kappa shape index (κ2) is 13.3. The Kier molecular flexibility index (Phi) is 9.35. The first kappa shape index (κ1) is 26.0. The van der Waals surface area contributed by atoms with E-state index in [0.717, 1.165) is 41.3 Å². The predicted molar refractivity (Wildman–Crippen MR) is 155 cm³/mol. The molecule has 4 rings (SSSR count). The van der Waals surface area contributed by atoms with Crippen molar-refractivity contribution >= 4 is 10.8 Å². The molecule has 0 heterocycles. The Morgan fingerprint density at radius 2 is 1.30 bits per heavy atom. The summed E-state index contributed by atoms with van der Waals surface area (Å²) in [6, 6.07) is 25.9. The summed E-state index contributed by atoms with van der Waals surface area (Å²) in [5.41, 5.74) is 5.74. The van der Waals surface area contributed by atoms with Gasteiger partial charge in [0.1, 0.15) is 5.82 Å². The molecule has 1 heteroatoms. The van der Waals surface area contributed by atoms with Crippen LogP contribution in [0.25, 0.3) is 10.8 Å². The normalized spacial score (nSPS) is 10.3. The van der Waals surface area contributed by atoms with E-state index in [4.69, 9.17) is 0 Å². The second-order valence-corrected chi connectivity index (χ2v) is 9.39. The van der Waals surface area contributed by atoms with Crippen LogP contribution in [0.15, 0.2) is 91.5 Å². The van der Waals surface area contributed by atoms with Crippen LogP contribution in [0.2, 0.25) is 0 Å². The molecule has 0 aliphatic carbocycles. The highest BCUT2D eigenvalue weighted by Gasteiger charge is 2.06. The average Bonchev–Trinajstić information content (AvgIpc) is 2.94. The number of rotatable bonds is 8. The van der Waals surface area contributed by atoms with Gasteiger partial charge in [-0.05, 0) is 84.7 Å². The van der Waals surface area contributed by atoms with Crippen molar-refractivity contribution in [3.63, 3.8) is 0 Å². The van der Waals surface area contributed by atoms with Gasteiger partial charge in [-0.2, -0.15) is 0 Å². The lowest BCUT2D eigenvalue weighted by atomic mass is 10.0. The molecule has 0 saturated heterocycles. The van der Waals surface area contributed by atoms with Crippen LogP contribution in [0.5, 0.6) is 0 Å². The van der Waals surface area contributed by atoms with Gasteiger partial charge in [0.05, 0.1) is 5.56 Å². The summed E-state index contributed by atoms with van der Waals surface area (Å²) >= 11 is 0. The van der Waals surface area contributed by atoms with Crippen molar-refractivity contribution in [3.05, 3.63) is 131 Å². The molecule has 4 aromatic carbocycles. The summed E-state index contributed by atoms with van der Waals surface area (Å²) in [7, 11) is 0. The number of fused-ring (bicyclic) bond motifs is 1. The Labute approximate surface area is 221 Å². The molecule has 0 amide bonds. The standard InChI is InChI=1S/C36H33F/c1-3-5-7-8-10-28-11-13-29(14-12-28)15-16-30-17-19-31(20-18-30)21-23-33-24-25-34-27-32(9-6-4-2)22-26-35(34)36(33)37/h4,11-14,17-20,22,24-27H,2-3,5-10H2,1H3. The fourth-order valence-corrected chi connectivity index (χ4v) is 4.29. The maximum absolute atomic E-state index is 15.1. The minimum absolute atomic E-state index is 0.269. The van der Waals surface area contributed by atoms with Crippen LogP contribution in [0, 0.1) is 29.5 Å². The van der Waals surface area contributed by atoms with Crippen molar-refractivity contribution in [2.24, 2.45) is 0 Å². The van der Waals surface area contributed by atoms with Crippen LogP contribution in [0.1, 0.15) is 72.4 Å². The Morgan fingerprint density at radius 1 is 0.676 bits per heavy atom. The van der Waals surface area contributed by atoms with Gasteiger partial charge in [-0.1, -0.05) is 92.3 Å². The number of allylic oxidation sites excluding steroid dienone is 1. The SMILES string of the molecule is C=CCCc1ccc2c(F)c(C#Cc3ccc(C#Cc4ccc(CCCCCC)cc4)cc3)ccc2c1. The van der Waals surface area contributed by atoms with Crippen molar-refractivity contribution in [2.75, 3.05) is 0 Å². The van der Waals surface area contributed by atoms with Gasteiger partial charge in [0.2, 0.25) is 0 Å². The minimum atomic E-state index is -0.269. The van der Waals surface area contributed by atoms with E-state index in [2.05, 4.69) is 61.4 Å². The van der Waals surface area contributed by atoms with Gasteiger partial charge in [0.25, 0.3) is 0 Å². The van der Waals surface area contributed by atoms with Crippen molar-refractivity contribution in [3.8, 4) is 23.7 Å². The Morgan fingerprint density at radius 3 is 1.95 bits per heavy atom. The molecule has 0 radical (unpaired) electrons. The summed E-state index contributed by atoms with van der Waals surface area (Å²) < 4.78 is 15.1. The molecule has 0 aliphatic heterocycles. The van der Waals surface area contributed by atoms with E-state index in [0.29, 0.717) is 10.9 Å². The average molecular weight is 485 g/mol. The Hall–Kier alpha value is -4.07. The smallest absolute Gasteiger partial charge is 0.146 e. The first-order valence-electron chi connectivity index (χ1n) is 13.2. The zero-order valence-electron chi connectivity index (χ0n) is 21.6. The zero-order valence-corrected chi connectivity index (χ0v) is 21.6. The van der Waals surface area contributed by atoms with E-state index < -0.39 is 0 Å². The van der Waals surface area contributed by atoms with Crippen molar-refractivity contribution in [1.29, 1.82) is 0 Å². The van der Waals surface area contributed by atoms with E-state index in [1.807, 2.05) is 54.6 Å². The summed E-state index contributed by atoms with van der Waals surface area (Å²) in [6.45, 7) is 6.01. The summed E-state index contributed by atoms with van der Waals surface area (Å²) in [5.74, 6) is 12.3. The van der Waals surface area contributed by atoms with Crippen LogP contribution in [0.3, 0.4) is 0 Å². The lowest BCUT2D eigenvalue weighted by Crippen LogP contribution is -1.89. The maximum Gasteiger partial charge on any atom is 0.146 e. The van der Waals surface area contributed by atoms with Gasteiger partial charge < -0.3 is 0 Å². The molecule has 0 spiro atoms. The molecule has 184 valence electrons. The molecule has 0 bridgehead atoms. The number of halogens is 1. The minimum Gasteiger partial charge on any atom is -0.205 e. The highest BCUT2D eigenvalue weighted by atomic mass is 19.1. The summed E-state index contributed by atoms with van der Waals surface area (Å²) in [5, 5.41) is 1.50. The monoisotopic (exact) mass is 484 g/mol. The van der Waals surface area contributed by atoms with E-state index in [1.54, 1.807) is 6.07 Å². The lowest BCUT2D eigenvalue weighted by Gasteiger charge is -2.05. The van der Waals surface area contributed by atoms with Crippen LogP contribution >= 0.6 is 0 Å². The third-order valence-corrected chi connectivity index (χ3v) is 6.51. The fourth-order valence-electron chi connectivity index (χ4n) is 4.29.